The highest BCUT2D eigenvalue weighted by molar-refractivity contribution is 5.54. The second kappa shape index (κ2) is 2.72. The Bertz CT molecular complexity index is 471. The van der Waals surface area contributed by atoms with Crippen LogP contribution in [0.1, 0.15) is 17.2 Å². The molecule has 0 aliphatic carbocycles. The molecule has 0 saturated carbocycles. The van der Waals surface area contributed by atoms with Gasteiger partial charge in [0.1, 0.15) is 0 Å². The lowest BCUT2D eigenvalue weighted by atomic mass is 9.98. The molecule has 1 unspecified atom stereocenters. The molecule has 2 heterocycles. The Hall–Kier alpha value is -1.54. The summed E-state index contributed by atoms with van der Waals surface area (Å²) in [6.07, 6.45) is 2.10. The molecule has 2 heteroatoms. The van der Waals surface area contributed by atoms with Crippen LogP contribution in [0, 0.1) is 0 Å². The summed E-state index contributed by atoms with van der Waals surface area (Å²) in [6.45, 7) is 0.682. The first-order valence-electron chi connectivity index (χ1n) is 4.88. The van der Waals surface area contributed by atoms with Gasteiger partial charge in [-0.05, 0) is 23.8 Å². The molecular formula is C12H12N2. The summed E-state index contributed by atoms with van der Waals surface area (Å²) in [4.78, 5) is 0. The smallest absolute Gasteiger partial charge is 0.0491 e. The molecule has 0 spiro atoms. The maximum Gasteiger partial charge on any atom is 0.0491 e. The fourth-order valence-electron chi connectivity index (χ4n) is 2.31. The van der Waals surface area contributed by atoms with Gasteiger partial charge in [-0.3, -0.25) is 0 Å². The molecule has 0 radical (unpaired) electrons. The minimum atomic E-state index is 0.376. The zero-order valence-corrected chi connectivity index (χ0v) is 7.85. The van der Waals surface area contributed by atoms with E-state index in [9.17, 15) is 0 Å². The highest BCUT2D eigenvalue weighted by Gasteiger charge is 2.26. The van der Waals surface area contributed by atoms with Crippen molar-refractivity contribution < 1.29 is 0 Å². The van der Waals surface area contributed by atoms with Gasteiger partial charge in [0.05, 0.1) is 0 Å². The molecule has 2 N–H and O–H groups in total. The van der Waals surface area contributed by atoms with Gasteiger partial charge in [0.2, 0.25) is 0 Å². The number of nitrogens with zero attached hydrogens (tertiary/aromatic N) is 1. The minimum Gasteiger partial charge on any atom is -0.329 e. The van der Waals surface area contributed by atoms with Crippen molar-refractivity contribution in [2.75, 3.05) is 6.54 Å². The molecule has 3 rings (SSSR count). The Balaban J connectivity index is 2.30. The average molecular weight is 184 g/mol. The summed E-state index contributed by atoms with van der Waals surface area (Å²) in [5.41, 5.74) is 9.76. The molecule has 0 fully saturated rings. The van der Waals surface area contributed by atoms with Crippen molar-refractivity contribution in [2.24, 2.45) is 5.73 Å². The second-order valence-electron chi connectivity index (χ2n) is 3.65. The van der Waals surface area contributed by atoms with Crippen LogP contribution < -0.4 is 5.73 Å². The van der Waals surface area contributed by atoms with Crippen molar-refractivity contribution >= 4 is 0 Å². The molecule has 0 saturated heterocycles. The summed E-state index contributed by atoms with van der Waals surface area (Å²) in [5, 5.41) is 0. The van der Waals surface area contributed by atoms with Crippen molar-refractivity contribution in [1.82, 2.24) is 4.57 Å². The number of nitrogens with two attached hydrogens (primary N) is 1. The van der Waals surface area contributed by atoms with E-state index in [0.717, 1.165) is 0 Å². The average Bonchev–Trinajstić information content (AvgIpc) is 2.77. The fourth-order valence-corrected chi connectivity index (χ4v) is 2.31. The molecule has 14 heavy (non-hydrogen) atoms. The molecule has 2 nitrogen and oxygen atoms in total. The van der Waals surface area contributed by atoms with Gasteiger partial charge in [0.25, 0.3) is 0 Å². The van der Waals surface area contributed by atoms with Crippen LogP contribution in [0.3, 0.4) is 0 Å². The van der Waals surface area contributed by atoms with Gasteiger partial charge in [-0.2, -0.15) is 0 Å². The standard InChI is InChI=1S/C12H12N2/c13-8-10-9-4-1-2-5-11(9)14-7-3-6-12(10)14/h1-7,10H,8,13H2. The van der Waals surface area contributed by atoms with Crippen molar-refractivity contribution in [3.63, 3.8) is 0 Å². The third kappa shape index (κ3) is 0.836. The van der Waals surface area contributed by atoms with Crippen LogP contribution in [0.4, 0.5) is 0 Å². The van der Waals surface area contributed by atoms with E-state index in [0.29, 0.717) is 12.5 Å². The SMILES string of the molecule is NCC1c2ccccc2-n2cccc21. The quantitative estimate of drug-likeness (QED) is 0.720. The van der Waals surface area contributed by atoms with Gasteiger partial charge in [-0.15, -0.1) is 0 Å². The van der Waals surface area contributed by atoms with Crippen LogP contribution in [0.5, 0.6) is 0 Å². The van der Waals surface area contributed by atoms with Crippen LogP contribution in [-0.4, -0.2) is 11.1 Å². The number of rotatable bonds is 1. The Morgan fingerprint density at radius 3 is 2.86 bits per heavy atom. The number of aromatic nitrogens is 1. The van der Waals surface area contributed by atoms with Gasteiger partial charge in [0, 0.05) is 30.0 Å². The van der Waals surface area contributed by atoms with Crippen molar-refractivity contribution in [3.8, 4) is 5.69 Å². The lowest BCUT2D eigenvalue weighted by molar-refractivity contribution is 0.816. The molecule has 1 aliphatic heterocycles. The second-order valence-corrected chi connectivity index (χ2v) is 3.65. The van der Waals surface area contributed by atoms with E-state index in [-0.39, 0.29) is 0 Å². The predicted octanol–water partition coefficient (Wildman–Crippen LogP) is 1.88. The maximum atomic E-state index is 5.81. The normalized spacial score (nSPS) is 17.9. The number of hydrogen-bond acceptors (Lipinski definition) is 1. The number of benzene rings is 1. The van der Waals surface area contributed by atoms with Crippen molar-refractivity contribution in [1.29, 1.82) is 0 Å². The molecule has 1 aliphatic rings. The molecule has 1 atom stereocenters. The van der Waals surface area contributed by atoms with Crippen molar-refractivity contribution in [3.05, 3.63) is 53.9 Å². The Kier molecular flexibility index (Phi) is 1.52. The molecule has 70 valence electrons. The number of hydrogen-bond donors (Lipinski definition) is 1. The van der Waals surface area contributed by atoms with E-state index in [1.165, 1.54) is 16.9 Å². The summed E-state index contributed by atoms with van der Waals surface area (Å²) in [5.74, 6) is 0.376. The van der Waals surface area contributed by atoms with E-state index in [1.807, 2.05) is 0 Å². The highest BCUT2D eigenvalue weighted by Crippen LogP contribution is 2.36. The third-order valence-corrected chi connectivity index (χ3v) is 2.94. The summed E-state index contributed by atoms with van der Waals surface area (Å²) in [7, 11) is 0. The zero-order valence-electron chi connectivity index (χ0n) is 7.85. The summed E-state index contributed by atoms with van der Waals surface area (Å²) >= 11 is 0. The van der Waals surface area contributed by atoms with E-state index in [4.69, 9.17) is 5.73 Å². The van der Waals surface area contributed by atoms with Crippen LogP contribution in [0.2, 0.25) is 0 Å². The first-order valence-corrected chi connectivity index (χ1v) is 4.88. The van der Waals surface area contributed by atoms with Crippen LogP contribution >= 0.6 is 0 Å². The van der Waals surface area contributed by atoms with Crippen LogP contribution in [0.25, 0.3) is 5.69 Å². The predicted molar refractivity (Wildman–Crippen MR) is 56.7 cm³/mol. The van der Waals surface area contributed by atoms with Gasteiger partial charge < -0.3 is 10.3 Å². The Labute approximate surface area is 83.0 Å². The Morgan fingerprint density at radius 1 is 1.14 bits per heavy atom. The lowest BCUT2D eigenvalue weighted by Gasteiger charge is -2.06. The van der Waals surface area contributed by atoms with Crippen LogP contribution in [0.15, 0.2) is 42.6 Å². The number of fused-ring (bicyclic) bond motifs is 3. The minimum absolute atomic E-state index is 0.376. The van der Waals surface area contributed by atoms with E-state index < -0.39 is 0 Å². The molecular weight excluding hydrogens is 172 g/mol. The molecule has 1 aromatic carbocycles. The largest absolute Gasteiger partial charge is 0.329 e. The molecule has 0 bridgehead atoms. The highest BCUT2D eigenvalue weighted by atomic mass is 15.0. The Morgan fingerprint density at radius 2 is 2.00 bits per heavy atom. The van der Waals surface area contributed by atoms with E-state index >= 15 is 0 Å². The summed E-state index contributed by atoms with van der Waals surface area (Å²) < 4.78 is 2.23. The number of para-hydroxylation sites is 1. The van der Waals surface area contributed by atoms with Crippen LogP contribution in [-0.2, 0) is 0 Å². The van der Waals surface area contributed by atoms with Gasteiger partial charge in [-0.1, -0.05) is 18.2 Å². The zero-order chi connectivity index (χ0) is 9.54. The van der Waals surface area contributed by atoms with E-state index in [1.54, 1.807) is 0 Å². The molecule has 0 amide bonds. The lowest BCUT2D eigenvalue weighted by Crippen LogP contribution is -2.11. The molecule has 2 aromatic rings. The topological polar surface area (TPSA) is 30.9 Å². The van der Waals surface area contributed by atoms with Gasteiger partial charge in [-0.25, -0.2) is 0 Å². The summed E-state index contributed by atoms with van der Waals surface area (Å²) in [6, 6.07) is 12.7. The third-order valence-electron chi connectivity index (χ3n) is 2.94. The van der Waals surface area contributed by atoms with E-state index in [2.05, 4.69) is 47.2 Å². The first-order chi connectivity index (χ1) is 6.92. The first kappa shape index (κ1) is 7.83. The fraction of sp³-hybridized carbons (Fsp3) is 0.167. The molecule has 1 aromatic heterocycles. The van der Waals surface area contributed by atoms with Gasteiger partial charge >= 0.3 is 0 Å². The maximum absolute atomic E-state index is 5.81. The monoisotopic (exact) mass is 184 g/mol. The van der Waals surface area contributed by atoms with Gasteiger partial charge in [0.15, 0.2) is 0 Å². The van der Waals surface area contributed by atoms with Crippen molar-refractivity contribution in [2.45, 2.75) is 5.92 Å².